The molecule has 0 bridgehead atoms. The molecule has 3 aromatic rings. The summed E-state index contributed by atoms with van der Waals surface area (Å²) >= 11 is 1.28. The Morgan fingerprint density at radius 3 is 2.33 bits per heavy atom. The van der Waals surface area contributed by atoms with Crippen LogP contribution in [0.4, 0.5) is 5.69 Å². The van der Waals surface area contributed by atoms with Crippen molar-refractivity contribution in [2.24, 2.45) is 0 Å². The summed E-state index contributed by atoms with van der Waals surface area (Å²) in [6, 6.07) is 15.5. The number of hydrogen-bond acceptors (Lipinski definition) is 6. The van der Waals surface area contributed by atoms with Gasteiger partial charge in [-0.3, -0.25) is 9.36 Å². The van der Waals surface area contributed by atoms with Gasteiger partial charge in [0.15, 0.2) is 5.16 Å². The molecule has 0 spiro atoms. The molecule has 0 saturated carbocycles. The minimum Gasteiger partial charge on any atom is -0.325 e. The minimum absolute atomic E-state index is 0.146. The Morgan fingerprint density at radius 2 is 1.70 bits per heavy atom. The summed E-state index contributed by atoms with van der Waals surface area (Å²) in [4.78, 5) is 12.7. The number of carbonyl (C=O) groups excluding carboxylic acids is 1. The summed E-state index contributed by atoms with van der Waals surface area (Å²) in [5.74, 6) is -0.224. The second-order valence-electron chi connectivity index (χ2n) is 6.87. The maximum absolute atomic E-state index is 12.6. The number of rotatable bonds is 8. The van der Waals surface area contributed by atoms with E-state index >= 15 is 0 Å². The van der Waals surface area contributed by atoms with Crippen LogP contribution in [-0.2, 0) is 14.8 Å². The Labute approximate surface area is 180 Å². The molecule has 1 heterocycles. The number of para-hydroxylation sites is 1. The van der Waals surface area contributed by atoms with Crippen molar-refractivity contribution in [3.05, 3.63) is 60.9 Å². The first-order valence-corrected chi connectivity index (χ1v) is 11.7. The van der Waals surface area contributed by atoms with E-state index in [4.69, 9.17) is 0 Å². The predicted molar refractivity (Wildman–Crippen MR) is 117 cm³/mol. The van der Waals surface area contributed by atoms with Crippen LogP contribution in [0.3, 0.4) is 0 Å². The fourth-order valence-corrected chi connectivity index (χ4v) is 4.72. The zero-order valence-corrected chi connectivity index (χ0v) is 18.4. The Bertz CT molecular complexity index is 1100. The predicted octanol–water partition coefficient (Wildman–Crippen LogP) is 3.07. The molecular formula is C20H23N5O3S2. The van der Waals surface area contributed by atoms with E-state index in [1.54, 1.807) is 39.2 Å². The van der Waals surface area contributed by atoms with Crippen LogP contribution in [0.1, 0.15) is 20.8 Å². The molecule has 10 heteroatoms. The van der Waals surface area contributed by atoms with Gasteiger partial charge in [-0.15, -0.1) is 10.2 Å². The van der Waals surface area contributed by atoms with Gasteiger partial charge in [0, 0.05) is 17.4 Å². The lowest BCUT2D eigenvalue weighted by atomic mass is 10.3. The fraction of sp³-hybridized carbons (Fsp3) is 0.250. The molecule has 2 N–H and O–H groups in total. The van der Waals surface area contributed by atoms with E-state index in [0.29, 0.717) is 10.8 Å². The summed E-state index contributed by atoms with van der Waals surface area (Å²) in [7, 11) is -3.57. The molecular weight excluding hydrogens is 422 g/mol. The van der Waals surface area contributed by atoms with Crippen LogP contribution >= 0.6 is 11.8 Å². The lowest BCUT2D eigenvalue weighted by molar-refractivity contribution is -0.115. The number of carbonyl (C=O) groups is 1. The van der Waals surface area contributed by atoms with Gasteiger partial charge in [0.1, 0.15) is 6.33 Å². The van der Waals surface area contributed by atoms with Crippen LogP contribution in [0.5, 0.6) is 0 Å². The highest BCUT2D eigenvalue weighted by molar-refractivity contribution is 8.00. The number of benzene rings is 2. The highest BCUT2D eigenvalue weighted by Crippen LogP contribution is 2.25. The largest absolute Gasteiger partial charge is 0.325 e. The Hall–Kier alpha value is -2.69. The highest BCUT2D eigenvalue weighted by Gasteiger charge is 2.19. The molecule has 0 radical (unpaired) electrons. The second kappa shape index (κ2) is 9.41. The molecule has 1 unspecified atom stereocenters. The third-order valence-electron chi connectivity index (χ3n) is 4.03. The van der Waals surface area contributed by atoms with Gasteiger partial charge in [0.05, 0.1) is 10.1 Å². The molecule has 30 heavy (non-hydrogen) atoms. The first-order chi connectivity index (χ1) is 14.3. The van der Waals surface area contributed by atoms with Gasteiger partial charge >= 0.3 is 0 Å². The van der Waals surface area contributed by atoms with Crippen molar-refractivity contribution < 1.29 is 13.2 Å². The average molecular weight is 446 g/mol. The number of thioether (sulfide) groups is 1. The van der Waals surface area contributed by atoms with Gasteiger partial charge in [-0.25, -0.2) is 13.1 Å². The molecule has 0 fully saturated rings. The van der Waals surface area contributed by atoms with E-state index in [0.717, 1.165) is 5.69 Å². The molecule has 1 atom stereocenters. The van der Waals surface area contributed by atoms with Gasteiger partial charge in [0.25, 0.3) is 0 Å². The molecule has 0 aliphatic heterocycles. The van der Waals surface area contributed by atoms with Crippen molar-refractivity contribution in [2.45, 2.75) is 42.1 Å². The van der Waals surface area contributed by atoms with E-state index < -0.39 is 15.3 Å². The number of amides is 1. The number of anilines is 1. The van der Waals surface area contributed by atoms with Crippen LogP contribution in [0.2, 0.25) is 0 Å². The van der Waals surface area contributed by atoms with Crippen molar-refractivity contribution in [1.82, 2.24) is 19.5 Å². The van der Waals surface area contributed by atoms with Gasteiger partial charge in [-0.1, -0.05) is 30.0 Å². The van der Waals surface area contributed by atoms with Crippen LogP contribution in [0, 0.1) is 0 Å². The topological polar surface area (TPSA) is 106 Å². The minimum atomic E-state index is -3.57. The number of nitrogens with zero attached hydrogens (tertiary/aromatic N) is 3. The van der Waals surface area contributed by atoms with Crippen molar-refractivity contribution in [3.63, 3.8) is 0 Å². The third-order valence-corrected chi connectivity index (χ3v) is 6.76. The van der Waals surface area contributed by atoms with Gasteiger partial charge in [-0.2, -0.15) is 0 Å². The van der Waals surface area contributed by atoms with E-state index in [1.807, 2.05) is 34.9 Å². The summed E-state index contributed by atoms with van der Waals surface area (Å²) in [5, 5.41) is 11.0. The number of nitrogens with one attached hydrogen (secondary N) is 2. The molecule has 1 aromatic heterocycles. The Balaban J connectivity index is 1.65. The highest BCUT2D eigenvalue weighted by atomic mass is 32.2. The third kappa shape index (κ3) is 5.47. The van der Waals surface area contributed by atoms with E-state index in [2.05, 4.69) is 20.2 Å². The van der Waals surface area contributed by atoms with Crippen LogP contribution in [0.25, 0.3) is 5.69 Å². The zero-order chi connectivity index (χ0) is 21.7. The van der Waals surface area contributed by atoms with E-state index in [-0.39, 0.29) is 16.8 Å². The van der Waals surface area contributed by atoms with Crippen LogP contribution < -0.4 is 10.0 Å². The molecule has 0 saturated heterocycles. The lowest BCUT2D eigenvalue weighted by Gasteiger charge is -2.13. The molecule has 8 nitrogen and oxygen atoms in total. The van der Waals surface area contributed by atoms with Gasteiger partial charge < -0.3 is 5.32 Å². The first kappa shape index (κ1) is 22.0. The van der Waals surface area contributed by atoms with Crippen molar-refractivity contribution in [2.75, 3.05) is 5.32 Å². The van der Waals surface area contributed by atoms with Crippen LogP contribution in [0.15, 0.2) is 71.0 Å². The number of sulfonamides is 1. The zero-order valence-electron chi connectivity index (χ0n) is 16.8. The molecule has 158 valence electrons. The smallest absolute Gasteiger partial charge is 0.240 e. The maximum Gasteiger partial charge on any atom is 0.240 e. The summed E-state index contributed by atoms with van der Waals surface area (Å²) in [5.41, 5.74) is 1.42. The van der Waals surface area contributed by atoms with Crippen molar-refractivity contribution in [3.8, 4) is 5.69 Å². The van der Waals surface area contributed by atoms with Gasteiger partial charge in [-0.05, 0) is 57.2 Å². The normalized spacial score (nSPS) is 12.7. The van der Waals surface area contributed by atoms with E-state index in [1.165, 1.54) is 23.9 Å². The summed E-state index contributed by atoms with van der Waals surface area (Å²) in [6.45, 7) is 5.28. The molecule has 0 aliphatic carbocycles. The Kier molecular flexibility index (Phi) is 6.91. The summed E-state index contributed by atoms with van der Waals surface area (Å²) in [6.07, 6.45) is 1.60. The quantitative estimate of drug-likeness (QED) is 0.516. The average Bonchev–Trinajstić information content (AvgIpc) is 3.16. The molecule has 1 amide bonds. The number of aromatic nitrogens is 3. The van der Waals surface area contributed by atoms with Crippen LogP contribution in [-0.4, -0.2) is 40.4 Å². The first-order valence-electron chi connectivity index (χ1n) is 9.31. The lowest BCUT2D eigenvalue weighted by Crippen LogP contribution is -2.30. The standard InChI is InChI=1S/C20H23N5O3S2/c1-14(2)24-30(27,28)18-11-9-16(10-12-18)22-19(26)15(3)29-20-23-21-13-25(20)17-7-5-4-6-8-17/h4-15,24H,1-3H3,(H,22,26). The van der Waals surface area contributed by atoms with Crippen molar-refractivity contribution in [1.29, 1.82) is 0 Å². The molecule has 0 aliphatic rings. The fourth-order valence-electron chi connectivity index (χ4n) is 2.62. The maximum atomic E-state index is 12.6. The van der Waals surface area contributed by atoms with Gasteiger partial charge in [0.2, 0.25) is 15.9 Å². The second-order valence-corrected chi connectivity index (χ2v) is 9.89. The van der Waals surface area contributed by atoms with E-state index in [9.17, 15) is 13.2 Å². The van der Waals surface area contributed by atoms with Crippen molar-refractivity contribution >= 4 is 33.4 Å². The Morgan fingerprint density at radius 1 is 1.03 bits per heavy atom. The molecule has 2 aromatic carbocycles. The summed E-state index contributed by atoms with van der Waals surface area (Å²) < 4.78 is 28.7. The SMILES string of the molecule is CC(C)NS(=O)(=O)c1ccc(NC(=O)C(C)Sc2nncn2-c2ccccc2)cc1. The molecule has 3 rings (SSSR count). The number of hydrogen-bond donors (Lipinski definition) is 2. The monoisotopic (exact) mass is 445 g/mol.